The van der Waals surface area contributed by atoms with Crippen LogP contribution in [0, 0.1) is 0 Å². The summed E-state index contributed by atoms with van der Waals surface area (Å²) in [5.74, 6) is 0.0805. The molecule has 1 N–H and O–H groups in total. The second-order valence-corrected chi connectivity index (χ2v) is 5.30. The third-order valence-corrected chi connectivity index (χ3v) is 4.02. The van der Waals surface area contributed by atoms with Crippen molar-refractivity contribution in [1.82, 2.24) is 15.1 Å². The van der Waals surface area contributed by atoms with Crippen LogP contribution < -0.4 is 5.32 Å². The Balaban J connectivity index is 1.62. The highest BCUT2D eigenvalue weighted by atomic mass is 16.1. The van der Waals surface area contributed by atoms with Crippen molar-refractivity contribution in [2.45, 2.75) is 38.6 Å². The van der Waals surface area contributed by atoms with Crippen LogP contribution in [0.1, 0.15) is 32.6 Å². The molecule has 2 heterocycles. The number of hydrogen-bond acceptors (Lipinski definition) is 3. The predicted octanol–water partition coefficient (Wildman–Crippen LogP) is 0.683. The highest BCUT2D eigenvalue weighted by Gasteiger charge is 2.25. The van der Waals surface area contributed by atoms with E-state index in [1.165, 1.54) is 51.9 Å². The molecule has 2 saturated heterocycles. The van der Waals surface area contributed by atoms with Crippen molar-refractivity contribution in [3.05, 3.63) is 0 Å². The van der Waals surface area contributed by atoms with E-state index in [-0.39, 0.29) is 5.91 Å². The SMILES string of the molecule is CC(=O)NCCN1CCC(N2CCCC2)CC1. The first-order chi connectivity index (χ1) is 8.25. The van der Waals surface area contributed by atoms with Crippen LogP contribution in [0.2, 0.25) is 0 Å². The molecule has 1 amide bonds. The minimum Gasteiger partial charge on any atom is -0.355 e. The molecular weight excluding hydrogens is 214 g/mol. The average Bonchev–Trinajstić information content (AvgIpc) is 2.83. The molecule has 0 atom stereocenters. The lowest BCUT2D eigenvalue weighted by Crippen LogP contribution is -2.45. The number of nitrogens with zero attached hydrogens (tertiary/aromatic N) is 2. The van der Waals surface area contributed by atoms with Crippen LogP contribution in [0.4, 0.5) is 0 Å². The summed E-state index contributed by atoms with van der Waals surface area (Å²) in [5.41, 5.74) is 0. The lowest BCUT2D eigenvalue weighted by molar-refractivity contribution is -0.119. The molecule has 0 bridgehead atoms. The number of carbonyl (C=O) groups is 1. The molecule has 4 nitrogen and oxygen atoms in total. The van der Waals surface area contributed by atoms with E-state index in [0.29, 0.717) is 0 Å². The standard InChI is InChI=1S/C13H25N3O/c1-12(17)14-6-11-15-9-4-13(5-10-15)16-7-2-3-8-16/h13H,2-11H2,1H3,(H,14,17). The Bertz CT molecular complexity index is 243. The summed E-state index contributed by atoms with van der Waals surface area (Å²) >= 11 is 0. The Morgan fingerprint density at radius 2 is 1.82 bits per heavy atom. The van der Waals surface area contributed by atoms with Gasteiger partial charge in [0.2, 0.25) is 5.91 Å². The maximum absolute atomic E-state index is 10.8. The number of rotatable bonds is 4. The molecule has 2 aliphatic heterocycles. The van der Waals surface area contributed by atoms with Gasteiger partial charge in [-0.3, -0.25) is 4.79 Å². The van der Waals surface area contributed by atoms with Crippen molar-refractivity contribution >= 4 is 5.91 Å². The number of amides is 1. The second kappa shape index (κ2) is 6.36. The first-order valence-corrected chi connectivity index (χ1v) is 6.96. The first kappa shape index (κ1) is 12.8. The normalized spacial score (nSPS) is 24.1. The van der Waals surface area contributed by atoms with E-state index in [1.54, 1.807) is 6.92 Å². The van der Waals surface area contributed by atoms with Crippen LogP contribution in [0.25, 0.3) is 0 Å². The Hall–Kier alpha value is -0.610. The second-order valence-electron chi connectivity index (χ2n) is 5.30. The highest BCUT2D eigenvalue weighted by molar-refractivity contribution is 5.72. The molecule has 4 heteroatoms. The van der Waals surface area contributed by atoms with Gasteiger partial charge in [0.15, 0.2) is 0 Å². The van der Waals surface area contributed by atoms with Crippen molar-refractivity contribution in [2.75, 3.05) is 39.3 Å². The van der Waals surface area contributed by atoms with Crippen LogP contribution in [-0.2, 0) is 4.79 Å². The molecule has 0 aromatic heterocycles. The van der Waals surface area contributed by atoms with Crippen molar-refractivity contribution in [2.24, 2.45) is 0 Å². The van der Waals surface area contributed by atoms with E-state index in [2.05, 4.69) is 15.1 Å². The average molecular weight is 239 g/mol. The third-order valence-electron chi connectivity index (χ3n) is 4.02. The molecule has 2 rings (SSSR count). The van der Waals surface area contributed by atoms with Gasteiger partial charge in [-0.25, -0.2) is 0 Å². The Kier molecular flexibility index (Phi) is 4.80. The summed E-state index contributed by atoms with van der Waals surface area (Å²) in [6.07, 6.45) is 5.39. The Morgan fingerprint density at radius 1 is 1.18 bits per heavy atom. The summed E-state index contributed by atoms with van der Waals surface area (Å²) < 4.78 is 0. The van der Waals surface area contributed by atoms with E-state index in [0.717, 1.165) is 19.1 Å². The molecule has 0 spiro atoms. The fourth-order valence-corrected chi connectivity index (χ4v) is 3.00. The van der Waals surface area contributed by atoms with Crippen molar-refractivity contribution < 1.29 is 4.79 Å². The highest BCUT2D eigenvalue weighted by Crippen LogP contribution is 2.20. The molecule has 0 unspecified atom stereocenters. The molecule has 0 aromatic carbocycles. The predicted molar refractivity (Wildman–Crippen MR) is 69.0 cm³/mol. The first-order valence-electron chi connectivity index (χ1n) is 6.96. The third kappa shape index (κ3) is 3.96. The van der Waals surface area contributed by atoms with E-state index >= 15 is 0 Å². The number of hydrogen-bond donors (Lipinski definition) is 1. The van der Waals surface area contributed by atoms with Gasteiger partial charge in [0.25, 0.3) is 0 Å². The maximum Gasteiger partial charge on any atom is 0.216 e. The number of carbonyl (C=O) groups excluding carboxylic acids is 1. The van der Waals surface area contributed by atoms with Gasteiger partial charge >= 0.3 is 0 Å². The summed E-state index contributed by atoms with van der Waals surface area (Å²) in [5, 5.41) is 2.87. The lowest BCUT2D eigenvalue weighted by atomic mass is 10.0. The minimum absolute atomic E-state index is 0.0805. The lowest BCUT2D eigenvalue weighted by Gasteiger charge is -2.36. The number of nitrogens with one attached hydrogen (secondary N) is 1. The molecule has 0 aliphatic carbocycles. The summed E-state index contributed by atoms with van der Waals surface area (Å²) in [4.78, 5) is 15.9. The topological polar surface area (TPSA) is 35.6 Å². The van der Waals surface area contributed by atoms with Gasteiger partial charge in [-0.2, -0.15) is 0 Å². The van der Waals surface area contributed by atoms with Crippen LogP contribution in [0.15, 0.2) is 0 Å². The van der Waals surface area contributed by atoms with Gasteiger partial charge in [-0.15, -0.1) is 0 Å². The zero-order chi connectivity index (χ0) is 12.1. The van der Waals surface area contributed by atoms with E-state index in [9.17, 15) is 4.79 Å². The van der Waals surface area contributed by atoms with Crippen LogP contribution >= 0.6 is 0 Å². The van der Waals surface area contributed by atoms with Gasteiger partial charge in [0.1, 0.15) is 0 Å². The van der Waals surface area contributed by atoms with E-state index < -0.39 is 0 Å². The van der Waals surface area contributed by atoms with Crippen LogP contribution in [0.3, 0.4) is 0 Å². The van der Waals surface area contributed by atoms with Crippen molar-refractivity contribution in [1.29, 1.82) is 0 Å². The molecule has 0 saturated carbocycles. The quantitative estimate of drug-likeness (QED) is 0.784. The van der Waals surface area contributed by atoms with Crippen molar-refractivity contribution in [3.63, 3.8) is 0 Å². The molecular formula is C13H25N3O. The van der Waals surface area contributed by atoms with Gasteiger partial charge < -0.3 is 15.1 Å². The van der Waals surface area contributed by atoms with Gasteiger partial charge in [0.05, 0.1) is 0 Å². The van der Waals surface area contributed by atoms with Gasteiger partial charge in [-0.1, -0.05) is 0 Å². The minimum atomic E-state index is 0.0805. The van der Waals surface area contributed by atoms with E-state index in [1.807, 2.05) is 0 Å². The molecule has 2 fully saturated rings. The zero-order valence-electron chi connectivity index (χ0n) is 11.0. The fraction of sp³-hybridized carbons (Fsp3) is 0.923. The monoisotopic (exact) mass is 239 g/mol. The summed E-state index contributed by atoms with van der Waals surface area (Å²) in [7, 11) is 0. The van der Waals surface area contributed by atoms with E-state index in [4.69, 9.17) is 0 Å². The summed E-state index contributed by atoms with van der Waals surface area (Å²) in [6, 6.07) is 0.828. The summed E-state index contributed by atoms with van der Waals surface area (Å²) in [6.45, 7) is 8.41. The zero-order valence-corrected chi connectivity index (χ0v) is 11.0. The maximum atomic E-state index is 10.8. The fourth-order valence-electron chi connectivity index (χ4n) is 3.00. The van der Waals surface area contributed by atoms with Crippen LogP contribution in [-0.4, -0.2) is 61.0 Å². The van der Waals surface area contributed by atoms with Gasteiger partial charge in [-0.05, 0) is 51.9 Å². The Labute approximate surface area is 104 Å². The smallest absolute Gasteiger partial charge is 0.216 e. The Morgan fingerprint density at radius 3 is 2.41 bits per heavy atom. The van der Waals surface area contributed by atoms with Crippen LogP contribution in [0.5, 0.6) is 0 Å². The molecule has 0 radical (unpaired) electrons. The molecule has 0 aromatic rings. The van der Waals surface area contributed by atoms with Crippen molar-refractivity contribution in [3.8, 4) is 0 Å². The number of likely N-dealkylation sites (tertiary alicyclic amines) is 2. The largest absolute Gasteiger partial charge is 0.355 e. The molecule has 17 heavy (non-hydrogen) atoms. The molecule has 2 aliphatic rings. The molecule has 98 valence electrons. The number of piperidine rings is 1. The van der Waals surface area contributed by atoms with Gasteiger partial charge in [0, 0.05) is 26.1 Å².